The molecule has 0 spiro atoms. The van der Waals surface area contributed by atoms with Crippen molar-refractivity contribution in [2.24, 2.45) is 0 Å². The van der Waals surface area contributed by atoms with Gasteiger partial charge in [-0.25, -0.2) is 9.59 Å². The van der Waals surface area contributed by atoms with Gasteiger partial charge in [-0.3, -0.25) is 5.32 Å². The van der Waals surface area contributed by atoms with E-state index in [9.17, 15) is 9.59 Å². The summed E-state index contributed by atoms with van der Waals surface area (Å²) in [5.41, 5.74) is 2.17. The molecule has 0 radical (unpaired) electrons. The standard InChI is InChI=1S/C19H17N3O4/c1-25-18(23)15-9-7-13(8-10-15)12-20-19(24)21-17-11-16(26-22-17)14-5-3-2-4-6-14/h2-11H,12H2,1H3,(H2,20,21,22,24). The molecule has 2 N–H and O–H groups in total. The van der Waals surface area contributed by atoms with Gasteiger partial charge in [0.1, 0.15) is 0 Å². The fourth-order valence-electron chi connectivity index (χ4n) is 2.29. The number of esters is 1. The Kier molecular flexibility index (Phi) is 5.28. The molecule has 0 saturated carbocycles. The van der Waals surface area contributed by atoms with Crippen LogP contribution in [-0.4, -0.2) is 24.3 Å². The second-order valence-corrected chi connectivity index (χ2v) is 5.44. The fourth-order valence-corrected chi connectivity index (χ4v) is 2.29. The summed E-state index contributed by atoms with van der Waals surface area (Å²) >= 11 is 0. The Morgan fingerprint density at radius 2 is 1.81 bits per heavy atom. The molecule has 0 aliphatic rings. The highest BCUT2D eigenvalue weighted by atomic mass is 16.5. The van der Waals surface area contributed by atoms with Gasteiger partial charge in [-0.15, -0.1) is 0 Å². The maximum atomic E-state index is 12.0. The largest absolute Gasteiger partial charge is 0.465 e. The molecular formula is C19H17N3O4. The van der Waals surface area contributed by atoms with Gasteiger partial charge in [-0.05, 0) is 17.7 Å². The first-order valence-corrected chi connectivity index (χ1v) is 7.90. The van der Waals surface area contributed by atoms with Gasteiger partial charge >= 0.3 is 12.0 Å². The van der Waals surface area contributed by atoms with E-state index in [0.29, 0.717) is 23.7 Å². The third kappa shape index (κ3) is 4.27. The van der Waals surface area contributed by atoms with Gasteiger partial charge in [-0.1, -0.05) is 47.6 Å². The van der Waals surface area contributed by atoms with Crippen molar-refractivity contribution in [2.45, 2.75) is 6.54 Å². The summed E-state index contributed by atoms with van der Waals surface area (Å²) in [7, 11) is 1.33. The molecule has 0 unspecified atom stereocenters. The van der Waals surface area contributed by atoms with Crippen molar-refractivity contribution in [3.63, 3.8) is 0 Å². The van der Waals surface area contributed by atoms with Crippen LogP contribution in [0.4, 0.5) is 10.6 Å². The topological polar surface area (TPSA) is 93.5 Å². The van der Waals surface area contributed by atoms with E-state index in [4.69, 9.17) is 4.52 Å². The van der Waals surface area contributed by atoms with Crippen LogP contribution in [0.5, 0.6) is 0 Å². The van der Waals surface area contributed by atoms with Gasteiger partial charge in [0, 0.05) is 18.2 Å². The number of aromatic nitrogens is 1. The molecule has 7 heteroatoms. The van der Waals surface area contributed by atoms with E-state index in [-0.39, 0.29) is 0 Å². The lowest BCUT2D eigenvalue weighted by Gasteiger charge is -2.06. The molecule has 0 saturated heterocycles. The minimum Gasteiger partial charge on any atom is -0.465 e. The Morgan fingerprint density at radius 1 is 1.08 bits per heavy atom. The molecule has 26 heavy (non-hydrogen) atoms. The summed E-state index contributed by atoms with van der Waals surface area (Å²) in [6, 6.07) is 17.5. The zero-order valence-corrected chi connectivity index (χ0v) is 14.1. The first-order valence-electron chi connectivity index (χ1n) is 7.90. The lowest BCUT2D eigenvalue weighted by molar-refractivity contribution is 0.0600. The molecular weight excluding hydrogens is 334 g/mol. The average molecular weight is 351 g/mol. The number of carbonyl (C=O) groups is 2. The van der Waals surface area contributed by atoms with Gasteiger partial charge < -0.3 is 14.6 Å². The summed E-state index contributed by atoms with van der Waals surface area (Å²) in [5, 5.41) is 9.15. The Morgan fingerprint density at radius 3 is 2.50 bits per heavy atom. The van der Waals surface area contributed by atoms with E-state index in [1.54, 1.807) is 30.3 Å². The van der Waals surface area contributed by atoms with Crippen LogP contribution in [0.25, 0.3) is 11.3 Å². The summed E-state index contributed by atoms with van der Waals surface area (Å²) in [6.07, 6.45) is 0. The minimum atomic E-state index is -0.407. The molecule has 0 fully saturated rings. The third-order valence-corrected chi connectivity index (χ3v) is 3.64. The van der Waals surface area contributed by atoms with Crippen molar-refractivity contribution in [1.82, 2.24) is 10.5 Å². The Bertz CT molecular complexity index is 889. The number of hydrogen-bond donors (Lipinski definition) is 2. The number of carbonyl (C=O) groups excluding carboxylic acids is 2. The van der Waals surface area contributed by atoms with E-state index >= 15 is 0 Å². The summed E-state index contributed by atoms with van der Waals surface area (Å²) in [4.78, 5) is 23.4. The van der Waals surface area contributed by atoms with E-state index in [0.717, 1.165) is 11.1 Å². The molecule has 0 atom stereocenters. The number of benzene rings is 2. The Balaban J connectivity index is 1.53. The molecule has 3 rings (SSSR count). The summed E-state index contributed by atoms with van der Waals surface area (Å²) in [5.74, 6) is 0.490. The van der Waals surface area contributed by atoms with Crippen LogP contribution in [0.2, 0.25) is 0 Å². The third-order valence-electron chi connectivity index (χ3n) is 3.64. The van der Waals surface area contributed by atoms with Crippen LogP contribution in [0, 0.1) is 0 Å². The monoisotopic (exact) mass is 351 g/mol. The quantitative estimate of drug-likeness (QED) is 0.687. The molecule has 1 heterocycles. The van der Waals surface area contributed by atoms with Gasteiger partial charge in [0.2, 0.25) is 0 Å². The maximum Gasteiger partial charge on any atom is 0.337 e. The molecule has 7 nitrogen and oxygen atoms in total. The molecule has 0 aliphatic carbocycles. The highest BCUT2D eigenvalue weighted by Crippen LogP contribution is 2.21. The number of hydrogen-bond acceptors (Lipinski definition) is 5. The molecule has 1 aromatic heterocycles. The lowest BCUT2D eigenvalue weighted by atomic mass is 10.1. The zero-order chi connectivity index (χ0) is 18.4. The lowest BCUT2D eigenvalue weighted by Crippen LogP contribution is -2.28. The molecule has 3 aromatic rings. The number of nitrogens with zero attached hydrogens (tertiary/aromatic N) is 1. The van der Waals surface area contributed by atoms with Crippen LogP contribution >= 0.6 is 0 Å². The van der Waals surface area contributed by atoms with Crippen LogP contribution < -0.4 is 10.6 Å². The predicted octanol–water partition coefficient (Wildman–Crippen LogP) is 3.45. The molecule has 2 aromatic carbocycles. The first kappa shape index (κ1) is 17.2. The van der Waals surface area contributed by atoms with Gasteiger partial charge in [0.25, 0.3) is 0 Å². The van der Waals surface area contributed by atoms with Crippen molar-refractivity contribution in [2.75, 3.05) is 12.4 Å². The second-order valence-electron chi connectivity index (χ2n) is 5.44. The van der Waals surface area contributed by atoms with Crippen molar-refractivity contribution in [1.29, 1.82) is 0 Å². The number of anilines is 1. The number of urea groups is 1. The molecule has 132 valence electrons. The van der Waals surface area contributed by atoms with Gasteiger partial charge in [0.15, 0.2) is 11.6 Å². The van der Waals surface area contributed by atoms with Crippen LogP contribution in [0.3, 0.4) is 0 Å². The Hall–Kier alpha value is -3.61. The summed E-state index contributed by atoms with van der Waals surface area (Å²) in [6.45, 7) is 0.302. The predicted molar refractivity (Wildman–Crippen MR) is 95.6 cm³/mol. The smallest absolute Gasteiger partial charge is 0.337 e. The highest BCUT2D eigenvalue weighted by molar-refractivity contribution is 5.89. The van der Waals surface area contributed by atoms with E-state index in [1.807, 2.05) is 30.3 Å². The van der Waals surface area contributed by atoms with E-state index < -0.39 is 12.0 Å². The Labute approximate surface area is 150 Å². The first-order chi connectivity index (χ1) is 12.7. The number of amides is 2. The minimum absolute atomic E-state index is 0.302. The highest BCUT2D eigenvalue weighted by Gasteiger charge is 2.09. The number of rotatable bonds is 5. The van der Waals surface area contributed by atoms with E-state index in [2.05, 4.69) is 20.5 Å². The normalized spacial score (nSPS) is 10.2. The van der Waals surface area contributed by atoms with Crippen LogP contribution in [-0.2, 0) is 11.3 Å². The number of ether oxygens (including phenoxy) is 1. The van der Waals surface area contributed by atoms with Crippen molar-refractivity contribution in [3.8, 4) is 11.3 Å². The van der Waals surface area contributed by atoms with Crippen LogP contribution in [0.1, 0.15) is 15.9 Å². The zero-order valence-electron chi connectivity index (χ0n) is 14.1. The van der Waals surface area contributed by atoms with Crippen molar-refractivity contribution < 1.29 is 18.8 Å². The van der Waals surface area contributed by atoms with Crippen molar-refractivity contribution >= 4 is 17.8 Å². The fraction of sp³-hybridized carbons (Fsp3) is 0.105. The SMILES string of the molecule is COC(=O)c1ccc(CNC(=O)Nc2cc(-c3ccccc3)on2)cc1. The van der Waals surface area contributed by atoms with Gasteiger partial charge in [0.05, 0.1) is 12.7 Å². The maximum absolute atomic E-state index is 12.0. The van der Waals surface area contributed by atoms with Gasteiger partial charge in [-0.2, -0.15) is 0 Å². The van der Waals surface area contributed by atoms with E-state index in [1.165, 1.54) is 7.11 Å². The molecule has 0 bridgehead atoms. The summed E-state index contributed by atoms with van der Waals surface area (Å²) < 4.78 is 9.86. The molecule has 2 amide bonds. The van der Waals surface area contributed by atoms with Crippen LogP contribution in [0.15, 0.2) is 65.2 Å². The average Bonchev–Trinajstić information content (AvgIpc) is 3.15. The second kappa shape index (κ2) is 7.98. The number of nitrogens with one attached hydrogen (secondary N) is 2. The van der Waals surface area contributed by atoms with Crippen molar-refractivity contribution in [3.05, 3.63) is 71.8 Å². The molecule has 0 aliphatic heterocycles. The number of methoxy groups -OCH3 is 1.